The highest BCUT2D eigenvalue weighted by Gasteiger charge is 2.14. The zero-order valence-corrected chi connectivity index (χ0v) is 13.3. The van der Waals surface area contributed by atoms with Gasteiger partial charge < -0.3 is 15.6 Å². The quantitative estimate of drug-likeness (QED) is 0.801. The molecule has 0 radical (unpaired) electrons. The number of hydrogen-bond acceptors (Lipinski definition) is 4. The molecule has 3 N–H and O–H groups in total. The van der Waals surface area contributed by atoms with Gasteiger partial charge in [0.05, 0.1) is 12.2 Å². The van der Waals surface area contributed by atoms with Gasteiger partial charge in [0, 0.05) is 23.2 Å². The number of aryl methyl sites for hydroxylation is 1. The Morgan fingerprint density at radius 1 is 1.32 bits per heavy atom. The molecule has 0 aliphatic heterocycles. The van der Waals surface area contributed by atoms with Gasteiger partial charge in [-0.05, 0) is 37.5 Å². The molecule has 0 fully saturated rings. The third-order valence-corrected chi connectivity index (χ3v) is 3.91. The molecular weight excluding hydrogens is 278 g/mol. The molecule has 1 aromatic carbocycles. The second-order valence-electron chi connectivity index (χ2n) is 5.49. The zero-order chi connectivity index (χ0) is 16.1. The summed E-state index contributed by atoms with van der Waals surface area (Å²) in [4.78, 5) is 12.2. The van der Waals surface area contributed by atoms with Crippen molar-refractivity contribution in [2.45, 2.75) is 46.1 Å². The van der Waals surface area contributed by atoms with E-state index in [0.29, 0.717) is 29.5 Å². The van der Waals surface area contributed by atoms with Crippen molar-refractivity contribution in [2.75, 3.05) is 5.73 Å². The minimum atomic E-state index is -0.162. The summed E-state index contributed by atoms with van der Waals surface area (Å²) in [6.45, 7) is 6.47. The SMILES string of the molecule is CCC(CC)c1cc(CNC(=O)c2cc(N)ccc2C)on1. The molecule has 0 atom stereocenters. The smallest absolute Gasteiger partial charge is 0.252 e. The van der Waals surface area contributed by atoms with Crippen LogP contribution in [0.4, 0.5) is 5.69 Å². The average molecular weight is 301 g/mol. The highest BCUT2D eigenvalue weighted by atomic mass is 16.5. The first-order valence-corrected chi connectivity index (χ1v) is 7.64. The van der Waals surface area contributed by atoms with Crippen molar-refractivity contribution >= 4 is 11.6 Å². The Hall–Kier alpha value is -2.30. The number of aromatic nitrogens is 1. The van der Waals surface area contributed by atoms with Crippen LogP contribution in [0.25, 0.3) is 0 Å². The van der Waals surface area contributed by atoms with Crippen LogP contribution >= 0.6 is 0 Å². The maximum Gasteiger partial charge on any atom is 0.252 e. The van der Waals surface area contributed by atoms with E-state index in [2.05, 4.69) is 24.3 Å². The van der Waals surface area contributed by atoms with Crippen molar-refractivity contribution in [3.8, 4) is 0 Å². The zero-order valence-electron chi connectivity index (χ0n) is 13.3. The minimum absolute atomic E-state index is 0.162. The molecular formula is C17H23N3O2. The lowest BCUT2D eigenvalue weighted by molar-refractivity contribution is 0.0946. The molecule has 5 heteroatoms. The van der Waals surface area contributed by atoms with Crippen LogP contribution in [-0.4, -0.2) is 11.1 Å². The van der Waals surface area contributed by atoms with Crippen molar-refractivity contribution in [2.24, 2.45) is 0 Å². The predicted molar refractivity (Wildman–Crippen MR) is 86.6 cm³/mol. The number of nitrogens with one attached hydrogen (secondary N) is 1. The van der Waals surface area contributed by atoms with Gasteiger partial charge >= 0.3 is 0 Å². The Morgan fingerprint density at radius 3 is 2.73 bits per heavy atom. The van der Waals surface area contributed by atoms with E-state index < -0.39 is 0 Å². The molecule has 2 rings (SSSR count). The summed E-state index contributed by atoms with van der Waals surface area (Å²) in [6, 6.07) is 7.22. The molecule has 22 heavy (non-hydrogen) atoms. The molecule has 0 unspecified atom stereocenters. The number of nitrogens with two attached hydrogens (primary N) is 1. The van der Waals surface area contributed by atoms with Gasteiger partial charge in [-0.15, -0.1) is 0 Å². The van der Waals surface area contributed by atoms with Crippen LogP contribution in [-0.2, 0) is 6.54 Å². The standard InChI is InChI=1S/C17H23N3O2/c1-4-12(5-2)16-9-14(22-20-16)10-19-17(21)15-8-13(18)7-6-11(15)3/h6-9,12H,4-5,10,18H2,1-3H3,(H,19,21). The summed E-state index contributed by atoms with van der Waals surface area (Å²) in [7, 11) is 0. The summed E-state index contributed by atoms with van der Waals surface area (Å²) >= 11 is 0. The number of benzene rings is 1. The molecule has 1 heterocycles. The van der Waals surface area contributed by atoms with Crippen LogP contribution < -0.4 is 11.1 Å². The Balaban J connectivity index is 2.01. The van der Waals surface area contributed by atoms with Crippen LogP contribution in [0.5, 0.6) is 0 Å². The van der Waals surface area contributed by atoms with Crippen molar-refractivity contribution in [1.29, 1.82) is 0 Å². The summed E-state index contributed by atoms with van der Waals surface area (Å²) in [5, 5.41) is 6.94. The average Bonchev–Trinajstić information content (AvgIpc) is 2.97. The highest BCUT2D eigenvalue weighted by Crippen LogP contribution is 2.22. The van der Waals surface area contributed by atoms with E-state index in [4.69, 9.17) is 10.3 Å². The molecule has 0 aliphatic rings. The third kappa shape index (κ3) is 3.67. The number of carbonyl (C=O) groups excluding carboxylic acids is 1. The molecule has 118 valence electrons. The molecule has 1 aromatic heterocycles. The Kier molecular flexibility index (Phi) is 5.20. The first kappa shape index (κ1) is 16.1. The van der Waals surface area contributed by atoms with Crippen LogP contribution in [0.3, 0.4) is 0 Å². The van der Waals surface area contributed by atoms with E-state index in [-0.39, 0.29) is 5.91 Å². The topological polar surface area (TPSA) is 81.2 Å². The molecule has 0 saturated carbocycles. The lowest BCUT2D eigenvalue weighted by atomic mass is 9.99. The number of nitrogen functional groups attached to an aromatic ring is 1. The van der Waals surface area contributed by atoms with Gasteiger partial charge in [0.2, 0.25) is 0 Å². The normalized spacial score (nSPS) is 10.9. The second kappa shape index (κ2) is 7.11. The van der Waals surface area contributed by atoms with Crippen molar-refractivity contribution in [3.63, 3.8) is 0 Å². The van der Waals surface area contributed by atoms with Crippen LogP contribution in [0.2, 0.25) is 0 Å². The van der Waals surface area contributed by atoms with Crippen LogP contribution in [0.1, 0.15) is 60.0 Å². The molecule has 5 nitrogen and oxygen atoms in total. The predicted octanol–water partition coefficient (Wildman–Crippen LogP) is 3.40. The lowest BCUT2D eigenvalue weighted by Gasteiger charge is -2.07. The summed E-state index contributed by atoms with van der Waals surface area (Å²) in [6.07, 6.45) is 2.05. The van der Waals surface area contributed by atoms with E-state index in [1.807, 2.05) is 19.1 Å². The van der Waals surface area contributed by atoms with Crippen molar-refractivity contribution in [1.82, 2.24) is 10.5 Å². The monoisotopic (exact) mass is 301 g/mol. The van der Waals surface area contributed by atoms with E-state index in [9.17, 15) is 4.79 Å². The maximum atomic E-state index is 12.2. The summed E-state index contributed by atoms with van der Waals surface area (Å²) in [5.74, 6) is 0.909. The largest absolute Gasteiger partial charge is 0.399 e. The van der Waals surface area contributed by atoms with Gasteiger partial charge in [-0.3, -0.25) is 4.79 Å². The van der Waals surface area contributed by atoms with Crippen molar-refractivity contribution in [3.05, 3.63) is 46.8 Å². The maximum absolute atomic E-state index is 12.2. The third-order valence-electron chi connectivity index (χ3n) is 3.91. The number of amides is 1. The van der Waals surface area contributed by atoms with E-state index in [1.54, 1.807) is 12.1 Å². The fraction of sp³-hybridized carbons (Fsp3) is 0.412. The second-order valence-corrected chi connectivity index (χ2v) is 5.49. The Bertz CT molecular complexity index is 645. The number of anilines is 1. The first-order valence-electron chi connectivity index (χ1n) is 7.64. The van der Waals surface area contributed by atoms with Gasteiger partial charge in [0.25, 0.3) is 5.91 Å². The van der Waals surface area contributed by atoms with Gasteiger partial charge in [-0.2, -0.15) is 0 Å². The van der Waals surface area contributed by atoms with Gasteiger partial charge in [-0.1, -0.05) is 25.1 Å². The van der Waals surface area contributed by atoms with Gasteiger partial charge in [-0.25, -0.2) is 0 Å². The van der Waals surface area contributed by atoms with Crippen LogP contribution in [0.15, 0.2) is 28.8 Å². The lowest BCUT2D eigenvalue weighted by Crippen LogP contribution is -2.23. The number of hydrogen-bond donors (Lipinski definition) is 2. The molecule has 0 aliphatic carbocycles. The summed E-state index contributed by atoms with van der Waals surface area (Å²) < 4.78 is 5.30. The van der Waals surface area contributed by atoms with Gasteiger partial charge in [0.15, 0.2) is 5.76 Å². The highest BCUT2D eigenvalue weighted by molar-refractivity contribution is 5.96. The van der Waals surface area contributed by atoms with Crippen molar-refractivity contribution < 1.29 is 9.32 Å². The number of rotatable bonds is 6. The fourth-order valence-corrected chi connectivity index (χ4v) is 2.46. The first-order chi connectivity index (χ1) is 10.5. The Labute approximate surface area is 130 Å². The molecule has 2 aromatic rings. The van der Waals surface area contributed by atoms with E-state index in [0.717, 1.165) is 24.1 Å². The minimum Gasteiger partial charge on any atom is -0.399 e. The van der Waals surface area contributed by atoms with E-state index in [1.165, 1.54) is 0 Å². The number of carbonyl (C=O) groups is 1. The van der Waals surface area contributed by atoms with Gasteiger partial charge in [0.1, 0.15) is 0 Å². The Morgan fingerprint density at radius 2 is 2.05 bits per heavy atom. The van der Waals surface area contributed by atoms with E-state index >= 15 is 0 Å². The van der Waals surface area contributed by atoms with Crippen LogP contribution in [0, 0.1) is 6.92 Å². The fourth-order valence-electron chi connectivity index (χ4n) is 2.46. The molecule has 0 bridgehead atoms. The molecule has 0 saturated heterocycles. The number of nitrogens with zero attached hydrogens (tertiary/aromatic N) is 1. The molecule has 0 spiro atoms. The summed E-state index contributed by atoms with van der Waals surface area (Å²) in [5.41, 5.74) is 8.73. The molecule has 1 amide bonds.